The first-order valence-electron chi connectivity index (χ1n) is 8.18. The maximum atomic E-state index is 10.3. The van der Waals surface area contributed by atoms with Crippen LogP contribution in [0.5, 0.6) is 0 Å². The third-order valence-corrected chi connectivity index (χ3v) is 5.36. The molecule has 3 aromatic rings. The van der Waals surface area contributed by atoms with Gasteiger partial charge >= 0.3 is 0 Å². The molecule has 4 rings (SSSR count). The monoisotopic (exact) mass is 369 g/mol. The van der Waals surface area contributed by atoms with Gasteiger partial charge < -0.3 is 14.6 Å². The lowest BCUT2D eigenvalue weighted by molar-refractivity contribution is -0.202. The average molecular weight is 369 g/mol. The number of aliphatic hydroxyl groups excluding tert-OH is 1. The average Bonchev–Trinajstić information content (AvgIpc) is 3.11. The Hall–Kier alpha value is -2.32. The lowest BCUT2D eigenvalue weighted by Gasteiger charge is -2.40. The van der Waals surface area contributed by atoms with Crippen molar-refractivity contribution in [2.45, 2.75) is 10.5 Å². The number of ether oxygens (including phenoxy) is 2. The lowest BCUT2D eigenvalue weighted by Crippen LogP contribution is -2.48. The quantitative estimate of drug-likeness (QED) is 0.535. The summed E-state index contributed by atoms with van der Waals surface area (Å²) >= 11 is 0.697. The summed E-state index contributed by atoms with van der Waals surface area (Å²) in [4.78, 5) is 5.28. The van der Waals surface area contributed by atoms with E-state index in [4.69, 9.17) is 9.47 Å². The molecule has 1 aliphatic rings. The van der Waals surface area contributed by atoms with Gasteiger partial charge in [0.15, 0.2) is 5.82 Å². The zero-order valence-corrected chi connectivity index (χ0v) is 15.1. The summed E-state index contributed by atoms with van der Waals surface area (Å²) in [6.07, 6.45) is 5.34. The van der Waals surface area contributed by atoms with Crippen LogP contribution in [0, 0.1) is 0 Å². The van der Waals surface area contributed by atoms with Gasteiger partial charge in [0, 0.05) is 30.0 Å². The van der Waals surface area contributed by atoms with Crippen molar-refractivity contribution in [1.82, 2.24) is 14.8 Å². The number of pyridine rings is 1. The van der Waals surface area contributed by atoms with E-state index in [1.807, 2.05) is 48.7 Å². The van der Waals surface area contributed by atoms with Crippen molar-refractivity contribution in [3.63, 3.8) is 0 Å². The van der Waals surface area contributed by atoms with Gasteiger partial charge in [-0.15, -0.1) is 11.4 Å². The van der Waals surface area contributed by atoms with Crippen LogP contribution in [0.1, 0.15) is 11.1 Å². The molecule has 0 atom stereocenters. The van der Waals surface area contributed by atoms with Crippen LogP contribution < -0.4 is 0 Å². The summed E-state index contributed by atoms with van der Waals surface area (Å²) in [6.45, 7) is 1.08. The fourth-order valence-corrected chi connectivity index (χ4v) is 3.59. The number of hydrogen-bond donors (Lipinski definition) is 2. The summed E-state index contributed by atoms with van der Waals surface area (Å²) in [5.74, 6) is 0.700. The SMILES string of the molecule is COC1(c2ccnc(-n3cc([SH]=C(O)c4ccccc4)cn3)c2)COC1. The lowest BCUT2D eigenvalue weighted by atomic mass is 9.92. The molecular formula is C19H19N3O3S. The van der Waals surface area contributed by atoms with Crippen LogP contribution in [0.15, 0.2) is 66.0 Å². The molecule has 1 fully saturated rings. The maximum Gasteiger partial charge on any atom is 0.153 e. The minimum absolute atomic E-state index is 0.289. The van der Waals surface area contributed by atoms with E-state index in [1.54, 1.807) is 24.2 Å². The highest BCUT2D eigenvalue weighted by Gasteiger charge is 2.40. The van der Waals surface area contributed by atoms with E-state index < -0.39 is 5.60 Å². The largest absolute Gasteiger partial charge is 0.375 e. The number of aromatic nitrogens is 3. The van der Waals surface area contributed by atoms with E-state index in [1.165, 1.54) is 0 Å². The van der Waals surface area contributed by atoms with Gasteiger partial charge in [0.1, 0.15) is 10.7 Å². The maximum absolute atomic E-state index is 10.3. The minimum Gasteiger partial charge on any atom is -0.375 e. The summed E-state index contributed by atoms with van der Waals surface area (Å²) in [7, 11) is 1.69. The van der Waals surface area contributed by atoms with Crippen LogP contribution in [0.2, 0.25) is 0 Å². The molecule has 0 unspecified atom stereocenters. The van der Waals surface area contributed by atoms with Crippen LogP contribution >= 0.6 is 11.4 Å². The normalized spacial score (nSPS) is 16.6. The molecule has 1 N–H and O–H groups in total. The van der Waals surface area contributed by atoms with Gasteiger partial charge in [0.25, 0.3) is 0 Å². The number of thiol groups is 1. The van der Waals surface area contributed by atoms with Crippen molar-refractivity contribution in [3.8, 4) is 5.82 Å². The molecule has 0 radical (unpaired) electrons. The Balaban J connectivity index is 1.61. The van der Waals surface area contributed by atoms with Crippen molar-refractivity contribution in [3.05, 3.63) is 72.2 Å². The van der Waals surface area contributed by atoms with Gasteiger partial charge in [0.05, 0.1) is 19.4 Å². The molecule has 0 amide bonds. The summed E-state index contributed by atoms with van der Waals surface area (Å²) < 4.78 is 12.7. The van der Waals surface area contributed by atoms with E-state index >= 15 is 0 Å². The first-order valence-corrected chi connectivity index (χ1v) is 9.07. The summed E-state index contributed by atoms with van der Waals surface area (Å²) in [5.41, 5.74) is 1.42. The second kappa shape index (κ2) is 7.13. The number of aliphatic hydroxyl groups is 1. The fourth-order valence-electron chi connectivity index (χ4n) is 2.79. The van der Waals surface area contributed by atoms with Crippen molar-refractivity contribution in [2.75, 3.05) is 20.3 Å². The van der Waals surface area contributed by atoms with Gasteiger partial charge in [-0.05, 0) is 17.7 Å². The second-order valence-corrected chi connectivity index (χ2v) is 7.20. The summed E-state index contributed by atoms with van der Waals surface area (Å²) in [6, 6.07) is 13.4. The fraction of sp³-hybridized carbons (Fsp3) is 0.211. The van der Waals surface area contributed by atoms with E-state index in [9.17, 15) is 5.11 Å². The molecule has 1 saturated heterocycles. The molecule has 1 aromatic carbocycles. The van der Waals surface area contributed by atoms with Crippen LogP contribution in [-0.2, 0) is 15.1 Å². The smallest absolute Gasteiger partial charge is 0.153 e. The molecular weight excluding hydrogens is 350 g/mol. The Morgan fingerprint density at radius 3 is 2.77 bits per heavy atom. The highest BCUT2D eigenvalue weighted by Crippen LogP contribution is 2.33. The van der Waals surface area contributed by atoms with E-state index in [0.29, 0.717) is 30.4 Å². The Bertz CT molecular complexity index is 930. The van der Waals surface area contributed by atoms with Gasteiger partial charge in [-0.1, -0.05) is 30.3 Å². The zero-order chi connectivity index (χ0) is 18.0. The zero-order valence-electron chi connectivity index (χ0n) is 14.2. The molecule has 7 heteroatoms. The van der Waals surface area contributed by atoms with E-state index in [-0.39, 0.29) is 5.05 Å². The predicted molar refractivity (Wildman–Crippen MR) is 101 cm³/mol. The van der Waals surface area contributed by atoms with Gasteiger partial charge in [-0.25, -0.2) is 9.67 Å². The van der Waals surface area contributed by atoms with Crippen LogP contribution in [-0.4, -0.2) is 45.2 Å². The molecule has 0 saturated carbocycles. The highest BCUT2D eigenvalue weighted by molar-refractivity contribution is 7.98. The minimum atomic E-state index is -0.398. The van der Waals surface area contributed by atoms with Gasteiger partial charge in [0.2, 0.25) is 0 Å². The standard InChI is InChI=1S/C19H19N3O3S/c1-24-19(12-25-13-19)15-7-8-20-17(9-15)22-11-16(10-21-22)26-18(23)14-5-3-2-4-6-14/h2-11,23,26H,12-13H2,1H3. The first-order chi connectivity index (χ1) is 12.7. The van der Waals surface area contributed by atoms with Gasteiger partial charge in [-0.3, -0.25) is 0 Å². The Kier molecular flexibility index (Phi) is 4.69. The molecule has 0 bridgehead atoms. The van der Waals surface area contributed by atoms with E-state index in [0.717, 1.165) is 16.0 Å². The Morgan fingerprint density at radius 1 is 1.27 bits per heavy atom. The molecule has 6 nitrogen and oxygen atoms in total. The van der Waals surface area contributed by atoms with Crippen molar-refractivity contribution in [1.29, 1.82) is 0 Å². The van der Waals surface area contributed by atoms with Crippen molar-refractivity contribution < 1.29 is 14.6 Å². The predicted octanol–water partition coefficient (Wildman–Crippen LogP) is 2.70. The molecule has 3 heterocycles. The molecule has 1 aliphatic heterocycles. The third kappa shape index (κ3) is 3.22. The topological polar surface area (TPSA) is 69.4 Å². The third-order valence-electron chi connectivity index (χ3n) is 4.40. The second-order valence-electron chi connectivity index (χ2n) is 6.04. The van der Waals surface area contributed by atoms with Crippen LogP contribution in [0.4, 0.5) is 0 Å². The van der Waals surface area contributed by atoms with Crippen molar-refractivity contribution >= 4 is 16.4 Å². The number of rotatable bonds is 5. The number of benzene rings is 1. The van der Waals surface area contributed by atoms with Gasteiger partial charge in [-0.2, -0.15) is 5.10 Å². The number of methoxy groups -OCH3 is 1. The highest BCUT2D eigenvalue weighted by atomic mass is 32.1. The summed E-state index contributed by atoms with van der Waals surface area (Å²) in [5, 5.41) is 15.0. The van der Waals surface area contributed by atoms with Crippen LogP contribution in [0.25, 0.3) is 5.82 Å². The molecule has 26 heavy (non-hydrogen) atoms. The number of hydrogen-bond acceptors (Lipinski definition) is 4. The van der Waals surface area contributed by atoms with Crippen molar-refractivity contribution in [2.24, 2.45) is 0 Å². The molecule has 134 valence electrons. The molecule has 0 spiro atoms. The molecule has 0 aliphatic carbocycles. The Labute approximate surface area is 155 Å². The Morgan fingerprint density at radius 2 is 2.08 bits per heavy atom. The molecule has 2 aromatic heterocycles. The number of nitrogens with zero attached hydrogens (tertiary/aromatic N) is 3. The first kappa shape index (κ1) is 17.1. The van der Waals surface area contributed by atoms with E-state index in [2.05, 4.69) is 10.1 Å². The van der Waals surface area contributed by atoms with Crippen LogP contribution in [0.3, 0.4) is 0 Å².